The Morgan fingerprint density at radius 2 is 2.33 bits per heavy atom. The van der Waals surface area contributed by atoms with Crippen LogP contribution in [-0.4, -0.2) is 13.1 Å². The van der Waals surface area contributed by atoms with Crippen molar-refractivity contribution in [3.05, 3.63) is 12.2 Å². The minimum atomic E-state index is -0.0414. The van der Waals surface area contributed by atoms with E-state index in [1.165, 1.54) is 19.1 Å². The third kappa shape index (κ3) is 0.838. The molecule has 0 aromatic carbocycles. The summed E-state index contributed by atoms with van der Waals surface area (Å²) in [4.78, 5) is 11.1. The fourth-order valence-electron chi connectivity index (χ4n) is 2.36. The van der Waals surface area contributed by atoms with Crippen LogP contribution in [0, 0.1) is 11.3 Å². The molecule has 2 aliphatic carbocycles. The topological polar surface area (TPSA) is 26.3 Å². The molecule has 0 radical (unpaired) electrons. The zero-order chi connectivity index (χ0) is 8.77. The summed E-state index contributed by atoms with van der Waals surface area (Å²) < 4.78 is 4.68. The van der Waals surface area contributed by atoms with Crippen LogP contribution >= 0.6 is 0 Å². The van der Waals surface area contributed by atoms with Crippen LogP contribution in [0.2, 0.25) is 0 Å². The van der Waals surface area contributed by atoms with E-state index < -0.39 is 0 Å². The van der Waals surface area contributed by atoms with E-state index in [-0.39, 0.29) is 11.9 Å². The lowest BCUT2D eigenvalue weighted by molar-refractivity contribution is -0.154. The number of carbonyl (C=O) groups is 1. The summed E-state index contributed by atoms with van der Waals surface area (Å²) in [7, 11) is 1.46. The van der Waals surface area contributed by atoms with Gasteiger partial charge in [-0.15, -0.1) is 0 Å². The Kier molecular flexibility index (Phi) is 1.53. The molecule has 0 saturated heterocycles. The molecule has 2 fully saturated rings. The first-order valence-corrected chi connectivity index (χ1v) is 4.44. The molecule has 0 amide bonds. The second-order valence-corrected chi connectivity index (χ2v) is 4.01. The minimum absolute atomic E-state index is 0.0414. The lowest BCUT2D eigenvalue weighted by Gasteiger charge is -2.54. The predicted molar refractivity (Wildman–Crippen MR) is 45.5 cm³/mol. The van der Waals surface area contributed by atoms with Gasteiger partial charge in [-0.1, -0.05) is 12.2 Å². The molecule has 0 aromatic heterocycles. The van der Waals surface area contributed by atoms with Crippen molar-refractivity contribution in [3.8, 4) is 0 Å². The molecule has 0 N–H and O–H groups in total. The van der Waals surface area contributed by atoms with E-state index in [0.29, 0.717) is 5.41 Å². The van der Waals surface area contributed by atoms with Crippen molar-refractivity contribution >= 4 is 5.97 Å². The lowest BCUT2D eigenvalue weighted by Crippen LogP contribution is -2.47. The molecule has 2 heteroatoms. The number of ether oxygens (including phenoxy) is 1. The first kappa shape index (κ1) is 7.84. The second kappa shape index (κ2) is 2.35. The normalized spacial score (nSPS) is 38.8. The van der Waals surface area contributed by atoms with Crippen LogP contribution in [0.25, 0.3) is 0 Å². The van der Waals surface area contributed by atoms with Gasteiger partial charge in [0.25, 0.3) is 0 Å². The molecule has 66 valence electrons. The van der Waals surface area contributed by atoms with E-state index in [1.807, 2.05) is 0 Å². The van der Waals surface area contributed by atoms with Crippen LogP contribution in [0.3, 0.4) is 0 Å². The molecule has 12 heavy (non-hydrogen) atoms. The van der Waals surface area contributed by atoms with Gasteiger partial charge in [0.2, 0.25) is 0 Å². The number of hydrogen-bond acceptors (Lipinski definition) is 2. The summed E-state index contributed by atoms with van der Waals surface area (Å²) in [5.41, 5.74) is 1.71. The highest BCUT2D eigenvalue weighted by atomic mass is 16.5. The molecule has 0 heterocycles. The molecule has 0 bridgehead atoms. The van der Waals surface area contributed by atoms with Crippen LogP contribution in [0.15, 0.2) is 12.2 Å². The molecule has 2 rings (SSSR count). The number of esters is 1. The summed E-state index contributed by atoms with van der Waals surface area (Å²) in [6.45, 7) is 4.00. The predicted octanol–water partition coefficient (Wildman–Crippen LogP) is 1.91. The maximum absolute atomic E-state index is 11.1. The number of rotatable bonds is 1. The van der Waals surface area contributed by atoms with Crippen molar-refractivity contribution in [2.24, 2.45) is 11.3 Å². The third-order valence-electron chi connectivity index (χ3n) is 3.46. The van der Waals surface area contributed by atoms with Crippen molar-refractivity contribution < 1.29 is 9.53 Å². The number of allylic oxidation sites excluding steroid dienone is 1. The Balaban J connectivity index is 1.91. The summed E-state index contributed by atoms with van der Waals surface area (Å²) in [6.07, 6.45) is 4.37. The number of methoxy groups -OCH3 is 1. The van der Waals surface area contributed by atoms with Crippen molar-refractivity contribution in [2.75, 3.05) is 7.11 Å². The van der Waals surface area contributed by atoms with Gasteiger partial charge in [0.05, 0.1) is 13.0 Å². The van der Waals surface area contributed by atoms with Crippen molar-refractivity contribution in [1.29, 1.82) is 0 Å². The molecule has 0 atom stereocenters. The maximum Gasteiger partial charge on any atom is 0.308 e. The Hall–Kier alpha value is -0.790. The summed E-state index contributed by atoms with van der Waals surface area (Å²) in [6, 6.07) is 0. The minimum Gasteiger partial charge on any atom is -0.469 e. The maximum atomic E-state index is 11.1. The molecule has 0 unspecified atom stereocenters. The third-order valence-corrected chi connectivity index (χ3v) is 3.46. The number of carbonyl (C=O) groups excluding carboxylic acids is 1. The van der Waals surface area contributed by atoms with Gasteiger partial charge in [0, 0.05) is 0 Å². The van der Waals surface area contributed by atoms with Crippen molar-refractivity contribution in [3.63, 3.8) is 0 Å². The smallest absolute Gasteiger partial charge is 0.308 e. The van der Waals surface area contributed by atoms with Crippen LogP contribution < -0.4 is 0 Å². The van der Waals surface area contributed by atoms with Crippen LogP contribution in [0.5, 0.6) is 0 Å². The average Bonchev–Trinajstić information content (AvgIpc) is 1.99. The molecule has 2 nitrogen and oxygen atoms in total. The number of hydrogen-bond donors (Lipinski definition) is 0. The van der Waals surface area contributed by atoms with E-state index in [1.54, 1.807) is 0 Å². The molecule has 0 aliphatic heterocycles. The first-order valence-electron chi connectivity index (χ1n) is 4.44. The standard InChI is InChI=1S/C10H14O2/c1-7-3-4-10(7)5-8(6-10)9(11)12-2/h8H,1,3-6H2,2H3. The van der Waals surface area contributed by atoms with Crippen LogP contribution in [-0.2, 0) is 9.53 Å². The fourth-order valence-corrected chi connectivity index (χ4v) is 2.36. The highest BCUT2D eigenvalue weighted by Crippen LogP contribution is 2.61. The quantitative estimate of drug-likeness (QED) is 0.439. The zero-order valence-electron chi connectivity index (χ0n) is 7.43. The molecule has 2 saturated carbocycles. The van der Waals surface area contributed by atoms with Crippen LogP contribution in [0.1, 0.15) is 25.7 Å². The summed E-state index contributed by atoms with van der Waals surface area (Å²) >= 11 is 0. The monoisotopic (exact) mass is 166 g/mol. The van der Waals surface area contributed by atoms with Crippen LogP contribution in [0.4, 0.5) is 0 Å². The van der Waals surface area contributed by atoms with E-state index >= 15 is 0 Å². The zero-order valence-corrected chi connectivity index (χ0v) is 7.43. The van der Waals surface area contributed by atoms with Gasteiger partial charge in [-0.2, -0.15) is 0 Å². The van der Waals surface area contributed by atoms with Gasteiger partial charge >= 0.3 is 5.97 Å². The van der Waals surface area contributed by atoms with Crippen molar-refractivity contribution in [1.82, 2.24) is 0 Å². The lowest BCUT2D eigenvalue weighted by atomic mass is 9.49. The molecule has 0 aromatic rings. The summed E-state index contributed by atoms with van der Waals surface area (Å²) in [5, 5.41) is 0. The van der Waals surface area contributed by atoms with Gasteiger partial charge in [-0.05, 0) is 31.1 Å². The average molecular weight is 166 g/mol. The second-order valence-electron chi connectivity index (χ2n) is 4.01. The van der Waals surface area contributed by atoms with E-state index in [4.69, 9.17) is 0 Å². The Labute approximate surface area is 72.6 Å². The Bertz CT molecular complexity index is 236. The van der Waals surface area contributed by atoms with E-state index in [9.17, 15) is 4.79 Å². The highest BCUT2D eigenvalue weighted by molar-refractivity contribution is 5.74. The SMILES string of the molecule is C=C1CCC12CC(C(=O)OC)C2. The Morgan fingerprint density at radius 1 is 1.67 bits per heavy atom. The highest BCUT2D eigenvalue weighted by Gasteiger charge is 2.53. The molecular formula is C10H14O2. The Morgan fingerprint density at radius 3 is 2.67 bits per heavy atom. The van der Waals surface area contributed by atoms with Gasteiger partial charge in [-0.25, -0.2) is 0 Å². The first-order chi connectivity index (χ1) is 5.68. The molecule has 1 spiro atoms. The largest absolute Gasteiger partial charge is 0.469 e. The van der Waals surface area contributed by atoms with E-state index in [2.05, 4.69) is 11.3 Å². The van der Waals surface area contributed by atoms with Crippen molar-refractivity contribution in [2.45, 2.75) is 25.7 Å². The van der Waals surface area contributed by atoms with E-state index in [0.717, 1.165) is 19.3 Å². The van der Waals surface area contributed by atoms with Gasteiger partial charge in [0.15, 0.2) is 0 Å². The van der Waals surface area contributed by atoms with Gasteiger partial charge in [0.1, 0.15) is 0 Å². The van der Waals surface area contributed by atoms with Gasteiger partial charge < -0.3 is 4.74 Å². The molecular weight excluding hydrogens is 152 g/mol. The summed E-state index contributed by atoms with van der Waals surface area (Å²) in [5.74, 6) is 0.118. The van der Waals surface area contributed by atoms with Gasteiger partial charge in [-0.3, -0.25) is 4.79 Å². The fraction of sp³-hybridized carbons (Fsp3) is 0.700. The molecule has 2 aliphatic rings.